The minimum absolute atomic E-state index is 0.0120. The second kappa shape index (κ2) is 8.77. The quantitative estimate of drug-likeness (QED) is 0.735. The van der Waals surface area contributed by atoms with Crippen molar-refractivity contribution in [2.24, 2.45) is 0 Å². The highest BCUT2D eigenvalue weighted by atomic mass is 19.4. The van der Waals surface area contributed by atoms with E-state index in [1.165, 1.54) is 27.9 Å². The van der Waals surface area contributed by atoms with E-state index >= 15 is 0 Å². The summed E-state index contributed by atoms with van der Waals surface area (Å²) >= 11 is 0. The van der Waals surface area contributed by atoms with E-state index in [4.69, 9.17) is 14.6 Å². The Bertz CT molecular complexity index is 969. The maximum absolute atomic E-state index is 12.7. The highest BCUT2D eigenvalue weighted by Crippen LogP contribution is 2.30. The molecule has 1 aromatic heterocycles. The van der Waals surface area contributed by atoms with Crippen LogP contribution in [-0.4, -0.2) is 61.9 Å². The van der Waals surface area contributed by atoms with Crippen LogP contribution in [0.15, 0.2) is 30.5 Å². The molecular weight excluding hydrogens is 433 g/mol. The van der Waals surface area contributed by atoms with Gasteiger partial charge >= 0.3 is 18.2 Å². The normalized spacial score (nSPS) is 19.2. The SMILES string of the molecule is CC(C)(C)OC(=O)N1CC(OCc2ccc(C(F)(F)F)cc2)C(n2cc(C(=O)O)nn2)C1. The van der Waals surface area contributed by atoms with Crippen LogP contribution >= 0.6 is 0 Å². The summed E-state index contributed by atoms with van der Waals surface area (Å²) in [6, 6.07) is 4.01. The second-order valence-electron chi connectivity index (χ2n) is 8.39. The summed E-state index contributed by atoms with van der Waals surface area (Å²) in [6.07, 6.45) is -4.38. The molecule has 2 atom stereocenters. The van der Waals surface area contributed by atoms with Crippen LogP contribution in [0.3, 0.4) is 0 Å². The fraction of sp³-hybridized carbons (Fsp3) is 0.500. The molecule has 2 heterocycles. The number of hydrogen-bond donors (Lipinski definition) is 1. The fourth-order valence-corrected chi connectivity index (χ4v) is 3.18. The lowest BCUT2D eigenvalue weighted by atomic mass is 10.1. The molecule has 1 aromatic carbocycles. The minimum atomic E-state index is -4.43. The maximum Gasteiger partial charge on any atom is 0.416 e. The first kappa shape index (κ1) is 23.5. The fourth-order valence-electron chi connectivity index (χ4n) is 3.18. The van der Waals surface area contributed by atoms with Gasteiger partial charge in [0.2, 0.25) is 0 Å². The molecule has 0 bridgehead atoms. The lowest BCUT2D eigenvalue weighted by molar-refractivity contribution is -0.137. The predicted octanol–water partition coefficient (Wildman–Crippen LogP) is 3.37. The molecule has 3 rings (SSSR count). The number of halogens is 3. The third-order valence-electron chi connectivity index (χ3n) is 4.70. The molecule has 1 amide bonds. The molecule has 0 radical (unpaired) electrons. The number of amides is 1. The number of aromatic nitrogens is 3. The third-order valence-corrected chi connectivity index (χ3v) is 4.70. The third kappa shape index (κ3) is 5.75. The van der Waals surface area contributed by atoms with Gasteiger partial charge < -0.3 is 19.5 Å². The maximum atomic E-state index is 12.7. The van der Waals surface area contributed by atoms with E-state index in [1.54, 1.807) is 20.8 Å². The zero-order chi connectivity index (χ0) is 23.7. The zero-order valence-corrected chi connectivity index (χ0v) is 17.7. The van der Waals surface area contributed by atoms with E-state index in [0.717, 1.165) is 12.1 Å². The Morgan fingerprint density at radius 2 is 1.81 bits per heavy atom. The number of carboxylic acids is 1. The average Bonchev–Trinajstić information content (AvgIpc) is 3.32. The summed E-state index contributed by atoms with van der Waals surface area (Å²) < 4.78 is 50.8. The van der Waals surface area contributed by atoms with Gasteiger partial charge in [0.15, 0.2) is 5.69 Å². The first-order valence-electron chi connectivity index (χ1n) is 9.74. The van der Waals surface area contributed by atoms with Crippen LogP contribution in [0.25, 0.3) is 0 Å². The number of benzene rings is 1. The molecule has 0 spiro atoms. The molecule has 1 saturated heterocycles. The second-order valence-corrected chi connectivity index (χ2v) is 8.39. The van der Waals surface area contributed by atoms with Crippen LogP contribution in [0, 0.1) is 0 Å². The monoisotopic (exact) mass is 456 g/mol. The Labute approximate surface area is 181 Å². The van der Waals surface area contributed by atoms with E-state index in [2.05, 4.69) is 10.3 Å². The highest BCUT2D eigenvalue weighted by Gasteiger charge is 2.40. The van der Waals surface area contributed by atoms with Gasteiger partial charge in [-0.2, -0.15) is 13.2 Å². The molecule has 174 valence electrons. The van der Waals surface area contributed by atoms with Gasteiger partial charge in [-0.25, -0.2) is 14.3 Å². The lowest BCUT2D eigenvalue weighted by Crippen LogP contribution is -2.36. The number of aromatic carboxylic acids is 1. The van der Waals surface area contributed by atoms with Gasteiger partial charge in [-0.3, -0.25) is 0 Å². The van der Waals surface area contributed by atoms with Crippen LogP contribution < -0.4 is 0 Å². The number of hydrogen-bond acceptors (Lipinski definition) is 6. The molecule has 0 aliphatic carbocycles. The van der Waals surface area contributed by atoms with Gasteiger partial charge in [-0.05, 0) is 38.5 Å². The molecule has 9 nitrogen and oxygen atoms in total. The number of likely N-dealkylation sites (tertiary alicyclic amines) is 1. The number of carboxylic acid groups (broad SMARTS) is 1. The van der Waals surface area contributed by atoms with Crippen molar-refractivity contribution in [2.45, 2.75) is 51.3 Å². The average molecular weight is 456 g/mol. The van der Waals surface area contributed by atoms with E-state index in [-0.39, 0.29) is 25.4 Å². The Balaban J connectivity index is 1.75. The van der Waals surface area contributed by atoms with Gasteiger partial charge in [0, 0.05) is 6.54 Å². The van der Waals surface area contributed by atoms with Crippen molar-refractivity contribution in [2.75, 3.05) is 13.1 Å². The number of carbonyl (C=O) groups is 2. The zero-order valence-electron chi connectivity index (χ0n) is 17.7. The van der Waals surface area contributed by atoms with E-state index in [9.17, 15) is 22.8 Å². The molecule has 1 aliphatic heterocycles. The van der Waals surface area contributed by atoms with E-state index in [1.807, 2.05) is 0 Å². The predicted molar refractivity (Wildman–Crippen MR) is 104 cm³/mol. The molecule has 2 unspecified atom stereocenters. The first-order chi connectivity index (χ1) is 14.8. The molecular formula is C20H23F3N4O5. The largest absolute Gasteiger partial charge is 0.476 e. The Hall–Kier alpha value is -3.15. The Morgan fingerprint density at radius 3 is 2.34 bits per heavy atom. The van der Waals surface area contributed by atoms with Crippen LogP contribution in [0.2, 0.25) is 0 Å². The minimum Gasteiger partial charge on any atom is -0.476 e. The molecule has 2 aromatic rings. The van der Waals surface area contributed by atoms with Gasteiger partial charge in [0.1, 0.15) is 5.60 Å². The smallest absolute Gasteiger partial charge is 0.416 e. The molecule has 1 fully saturated rings. The van der Waals surface area contributed by atoms with Crippen molar-refractivity contribution in [1.29, 1.82) is 0 Å². The van der Waals surface area contributed by atoms with Gasteiger partial charge in [0.25, 0.3) is 0 Å². The molecule has 0 saturated carbocycles. The van der Waals surface area contributed by atoms with Crippen molar-refractivity contribution in [3.05, 3.63) is 47.3 Å². The molecule has 32 heavy (non-hydrogen) atoms. The number of nitrogens with zero attached hydrogens (tertiary/aromatic N) is 4. The van der Waals surface area contributed by atoms with Crippen LogP contribution in [-0.2, 0) is 22.3 Å². The number of alkyl halides is 3. The summed E-state index contributed by atoms with van der Waals surface area (Å²) in [5.74, 6) is -1.25. The van der Waals surface area contributed by atoms with E-state index in [0.29, 0.717) is 5.56 Å². The number of rotatable bonds is 5. The van der Waals surface area contributed by atoms with Crippen LogP contribution in [0.1, 0.15) is 48.4 Å². The molecule has 12 heteroatoms. The van der Waals surface area contributed by atoms with Crippen molar-refractivity contribution >= 4 is 12.1 Å². The van der Waals surface area contributed by atoms with Crippen molar-refractivity contribution in [3.8, 4) is 0 Å². The van der Waals surface area contributed by atoms with Gasteiger partial charge in [0.05, 0.1) is 37.1 Å². The van der Waals surface area contributed by atoms with Gasteiger partial charge in [-0.15, -0.1) is 5.10 Å². The standard InChI is InChI=1S/C20H23F3N4O5/c1-19(2,3)32-18(30)26-9-15(27-8-14(17(28)29)24-25-27)16(10-26)31-11-12-4-6-13(7-5-12)20(21,22)23/h4-8,15-16H,9-11H2,1-3H3,(H,28,29). The number of ether oxygens (including phenoxy) is 2. The Morgan fingerprint density at radius 1 is 1.16 bits per heavy atom. The number of carbonyl (C=O) groups excluding carboxylic acids is 1. The van der Waals surface area contributed by atoms with Crippen molar-refractivity contribution < 1.29 is 37.3 Å². The summed E-state index contributed by atoms with van der Waals surface area (Å²) in [4.78, 5) is 25.1. The highest BCUT2D eigenvalue weighted by molar-refractivity contribution is 5.84. The molecule has 1 N–H and O–H groups in total. The van der Waals surface area contributed by atoms with Gasteiger partial charge in [-0.1, -0.05) is 17.3 Å². The topological polar surface area (TPSA) is 107 Å². The van der Waals surface area contributed by atoms with Crippen LogP contribution in [0.5, 0.6) is 0 Å². The molecule has 1 aliphatic rings. The van der Waals surface area contributed by atoms with Crippen LogP contribution in [0.4, 0.5) is 18.0 Å². The Kier molecular flexibility index (Phi) is 6.44. The van der Waals surface area contributed by atoms with Crippen molar-refractivity contribution in [3.63, 3.8) is 0 Å². The van der Waals surface area contributed by atoms with Crippen molar-refractivity contribution in [1.82, 2.24) is 19.9 Å². The summed E-state index contributed by atoms with van der Waals surface area (Å²) in [5, 5.41) is 16.5. The lowest BCUT2D eigenvalue weighted by Gasteiger charge is -2.24. The first-order valence-corrected chi connectivity index (χ1v) is 9.74. The summed E-state index contributed by atoms with van der Waals surface area (Å²) in [5.41, 5.74) is -1.23. The van der Waals surface area contributed by atoms with E-state index < -0.39 is 41.5 Å². The summed E-state index contributed by atoms with van der Waals surface area (Å²) in [6.45, 7) is 5.44. The summed E-state index contributed by atoms with van der Waals surface area (Å²) in [7, 11) is 0.